The second-order valence-electron chi connectivity index (χ2n) is 6.55. The van der Waals surface area contributed by atoms with E-state index >= 15 is 0 Å². The Morgan fingerprint density at radius 1 is 1.20 bits per heavy atom. The summed E-state index contributed by atoms with van der Waals surface area (Å²) in [5.74, 6) is 1.33. The lowest BCUT2D eigenvalue weighted by Crippen LogP contribution is -2.36. The Balaban J connectivity index is 1.63. The van der Waals surface area contributed by atoms with Gasteiger partial charge in [-0.2, -0.15) is 10.2 Å². The molecule has 1 fully saturated rings. The number of nitriles is 1. The molecular weight excluding hydrogens is 334 g/mol. The Hall–Kier alpha value is -2.40. The predicted octanol–water partition coefficient (Wildman–Crippen LogP) is 1.86. The normalized spacial score (nSPS) is 20.7. The molecule has 8 heteroatoms. The fraction of sp³-hybridized carbons (Fsp3) is 0.529. The Morgan fingerprint density at radius 2 is 2.08 bits per heavy atom. The van der Waals surface area contributed by atoms with Crippen molar-refractivity contribution in [1.82, 2.24) is 15.0 Å². The van der Waals surface area contributed by atoms with Crippen LogP contribution in [0.1, 0.15) is 24.1 Å². The number of piperidine rings is 1. The van der Waals surface area contributed by atoms with Crippen LogP contribution in [0.4, 0.5) is 16.9 Å². The van der Waals surface area contributed by atoms with Crippen LogP contribution in [-0.4, -0.2) is 41.1 Å². The number of hydrogen-bond acceptors (Lipinski definition) is 8. The third-order valence-electron chi connectivity index (χ3n) is 4.93. The largest absolute Gasteiger partial charge is 0.368 e. The van der Waals surface area contributed by atoms with Crippen molar-refractivity contribution in [3.63, 3.8) is 0 Å². The summed E-state index contributed by atoms with van der Waals surface area (Å²) in [6.45, 7) is 3.44. The highest BCUT2D eigenvalue weighted by Gasteiger charge is 2.27. The number of nitrogens with zero attached hydrogens (tertiary/aromatic N) is 6. The van der Waals surface area contributed by atoms with E-state index in [-0.39, 0.29) is 5.92 Å². The summed E-state index contributed by atoms with van der Waals surface area (Å²) < 4.78 is 0. The minimum Gasteiger partial charge on any atom is -0.368 e. The lowest BCUT2D eigenvalue weighted by Gasteiger charge is -2.32. The molecule has 0 amide bonds. The third kappa shape index (κ3) is 3.24. The van der Waals surface area contributed by atoms with Crippen LogP contribution in [0.25, 0.3) is 0 Å². The quantitative estimate of drug-likeness (QED) is 0.878. The average molecular weight is 355 g/mol. The van der Waals surface area contributed by atoms with Crippen molar-refractivity contribution in [2.24, 2.45) is 5.92 Å². The van der Waals surface area contributed by atoms with Gasteiger partial charge in [-0.05, 0) is 19.3 Å². The SMILES string of the molecule is N#C[C@@H]1CCCN(c2nc(N)nc3c2CCN(c2nccs2)CC3)C1. The number of hydrogen-bond donors (Lipinski definition) is 1. The van der Waals surface area contributed by atoms with E-state index in [0.29, 0.717) is 5.95 Å². The topological polar surface area (TPSA) is 95.0 Å². The van der Waals surface area contributed by atoms with Gasteiger partial charge in [0, 0.05) is 49.7 Å². The summed E-state index contributed by atoms with van der Waals surface area (Å²) in [7, 11) is 0. The van der Waals surface area contributed by atoms with Gasteiger partial charge in [-0.15, -0.1) is 11.3 Å². The van der Waals surface area contributed by atoms with Crippen molar-refractivity contribution >= 4 is 28.2 Å². The number of nitrogen functional groups attached to an aromatic ring is 1. The molecule has 0 bridgehead atoms. The lowest BCUT2D eigenvalue weighted by atomic mass is 9.98. The summed E-state index contributed by atoms with van der Waals surface area (Å²) in [6.07, 6.45) is 5.54. The summed E-state index contributed by atoms with van der Waals surface area (Å²) in [4.78, 5) is 18.0. The van der Waals surface area contributed by atoms with Gasteiger partial charge in [-0.3, -0.25) is 0 Å². The minimum absolute atomic E-state index is 0.0678. The van der Waals surface area contributed by atoms with Crippen molar-refractivity contribution in [3.8, 4) is 6.07 Å². The van der Waals surface area contributed by atoms with Crippen molar-refractivity contribution in [1.29, 1.82) is 5.26 Å². The fourth-order valence-corrected chi connectivity index (χ4v) is 4.39. The Labute approximate surface area is 151 Å². The number of anilines is 3. The molecule has 0 spiro atoms. The first-order chi connectivity index (χ1) is 12.2. The van der Waals surface area contributed by atoms with Crippen LogP contribution in [0.15, 0.2) is 11.6 Å². The van der Waals surface area contributed by atoms with Crippen molar-refractivity contribution in [2.45, 2.75) is 25.7 Å². The molecule has 130 valence electrons. The van der Waals surface area contributed by atoms with Gasteiger partial charge in [-0.1, -0.05) is 0 Å². The maximum atomic E-state index is 9.29. The predicted molar refractivity (Wildman–Crippen MR) is 98.7 cm³/mol. The molecule has 0 saturated carbocycles. The Bertz CT molecular complexity index is 783. The maximum Gasteiger partial charge on any atom is 0.222 e. The minimum atomic E-state index is 0.0678. The Kier molecular flexibility index (Phi) is 4.40. The van der Waals surface area contributed by atoms with Gasteiger partial charge >= 0.3 is 0 Å². The second kappa shape index (κ2) is 6.84. The molecule has 0 unspecified atom stereocenters. The molecule has 1 atom stereocenters. The Morgan fingerprint density at radius 3 is 2.88 bits per heavy atom. The van der Waals surface area contributed by atoms with Gasteiger partial charge in [-0.25, -0.2) is 9.97 Å². The van der Waals surface area contributed by atoms with Gasteiger partial charge in [0.15, 0.2) is 5.13 Å². The fourth-order valence-electron chi connectivity index (χ4n) is 3.70. The second-order valence-corrected chi connectivity index (χ2v) is 7.42. The molecule has 0 aliphatic carbocycles. The third-order valence-corrected chi connectivity index (χ3v) is 5.76. The first-order valence-corrected chi connectivity index (χ1v) is 9.57. The van der Waals surface area contributed by atoms with Crippen molar-refractivity contribution in [3.05, 3.63) is 22.8 Å². The van der Waals surface area contributed by atoms with Crippen LogP contribution in [0.5, 0.6) is 0 Å². The number of nitrogens with two attached hydrogens (primary N) is 1. The van der Waals surface area contributed by atoms with E-state index in [1.54, 1.807) is 11.3 Å². The van der Waals surface area contributed by atoms with Gasteiger partial charge in [0.25, 0.3) is 0 Å². The van der Waals surface area contributed by atoms with Crippen LogP contribution in [-0.2, 0) is 12.8 Å². The molecule has 2 N–H and O–H groups in total. The summed E-state index contributed by atoms with van der Waals surface area (Å²) in [5.41, 5.74) is 8.23. The number of rotatable bonds is 2. The number of fused-ring (bicyclic) bond motifs is 1. The average Bonchev–Trinajstić information content (AvgIpc) is 3.09. The molecule has 4 heterocycles. The molecule has 25 heavy (non-hydrogen) atoms. The highest BCUT2D eigenvalue weighted by molar-refractivity contribution is 7.13. The smallest absolute Gasteiger partial charge is 0.222 e. The van der Waals surface area contributed by atoms with Crippen LogP contribution in [0.3, 0.4) is 0 Å². The lowest BCUT2D eigenvalue weighted by molar-refractivity contribution is 0.489. The zero-order chi connectivity index (χ0) is 17.2. The van der Waals surface area contributed by atoms with Gasteiger partial charge < -0.3 is 15.5 Å². The molecular formula is C17H21N7S. The first kappa shape index (κ1) is 16.1. The zero-order valence-corrected chi connectivity index (χ0v) is 14.9. The highest BCUT2D eigenvalue weighted by atomic mass is 32.1. The van der Waals surface area contributed by atoms with Gasteiger partial charge in [0.05, 0.1) is 17.7 Å². The van der Waals surface area contributed by atoms with Gasteiger partial charge in [0.1, 0.15) is 5.82 Å². The van der Waals surface area contributed by atoms with E-state index in [4.69, 9.17) is 5.73 Å². The van der Waals surface area contributed by atoms with Crippen LogP contribution >= 0.6 is 11.3 Å². The molecule has 0 radical (unpaired) electrons. The van der Waals surface area contributed by atoms with Gasteiger partial charge in [0.2, 0.25) is 5.95 Å². The molecule has 1 saturated heterocycles. The van der Waals surface area contributed by atoms with E-state index in [1.165, 1.54) is 5.56 Å². The molecule has 2 aromatic rings. The number of thiazole rings is 1. The summed E-state index contributed by atoms with van der Waals surface area (Å²) >= 11 is 1.66. The van der Waals surface area contributed by atoms with Crippen molar-refractivity contribution < 1.29 is 0 Å². The summed E-state index contributed by atoms with van der Waals surface area (Å²) in [5, 5.41) is 12.3. The molecule has 4 rings (SSSR count). The monoisotopic (exact) mass is 355 g/mol. The highest BCUT2D eigenvalue weighted by Crippen LogP contribution is 2.30. The van der Waals surface area contributed by atoms with E-state index in [2.05, 4.69) is 30.8 Å². The molecule has 2 aliphatic heterocycles. The van der Waals surface area contributed by atoms with Crippen LogP contribution in [0, 0.1) is 17.2 Å². The first-order valence-electron chi connectivity index (χ1n) is 8.69. The van der Waals surface area contributed by atoms with E-state index in [9.17, 15) is 5.26 Å². The molecule has 2 aliphatic rings. The standard InChI is InChI=1S/C17H21N7S/c18-10-12-2-1-6-24(11-12)15-13-3-7-23(17-20-5-9-25-17)8-4-14(13)21-16(19)22-15/h5,9,12H,1-4,6-8,11H2,(H2,19,21,22)/t12-/m0/s1. The maximum absolute atomic E-state index is 9.29. The summed E-state index contributed by atoms with van der Waals surface area (Å²) in [6, 6.07) is 2.40. The number of aromatic nitrogens is 3. The molecule has 2 aromatic heterocycles. The van der Waals surface area contributed by atoms with E-state index < -0.39 is 0 Å². The van der Waals surface area contributed by atoms with E-state index in [0.717, 1.165) is 68.5 Å². The molecule has 0 aromatic carbocycles. The van der Waals surface area contributed by atoms with Crippen LogP contribution < -0.4 is 15.5 Å². The van der Waals surface area contributed by atoms with Crippen LogP contribution in [0.2, 0.25) is 0 Å². The van der Waals surface area contributed by atoms with Crippen molar-refractivity contribution in [2.75, 3.05) is 41.7 Å². The van der Waals surface area contributed by atoms with E-state index in [1.807, 2.05) is 11.6 Å². The zero-order valence-electron chi connectivity index (χ0n) is 14.1. The molecule has 7 nitrogen and oxygen atoms in total.